The van der Waals surface area contributed by atoms with Crippen LogP contribution in [0.4, 0.5) is 0 Å². The van der Waals surface area contributed by atoms with E-state index in [4.69, 9.17) is 22.9 Å². The Labute approximate surface area is 119 Å². The number of amides is 2. The highest BCUT2D eigenvalue weighted by Crippen LogP contribution is 2.04. The van der Waals surface area contributed by atoms with Crippen LogP contribution in [0.1, 0.15) is 47.4 Å². The molecule has 0 aliphatic carbocycles. The van der Waals surface area contributed by atoms with Gasteiger partial charge in [0.15, 0.2) is 0 Å². The molecule has 0 heterocycles. The van der Waals surface area contributed by atoms with E-state index in [2.05, 4.69) is 13.8 Å². The molecule has 0 aliphatic heterocycles. The van der Waals surface area contributed by atoms with Crippen LogP contribution in [-0.4, -0.2) is 18.0 Å². The van der Waals surface area contributed by atoms with Crippen LogP contribution in [0, 0.1) is 5.92 Å². The molecule has 1 aromatic carbocycles. The Balaban J connectivity index is 0.000000396. The molecule has 0 radical (unpaired) electrons. The molecule has 1 atom stereocenters. The lowest BCUT2D eigenvalue weighted by atomic mass is 10.0. The lowest BCUT2D eigenvalue weighted by molar-refractivity contribution is 0.0999. The van der Waals surface area contributed by atoms with Crippen LogP contribution in [0.2, 0.25) is 0 Å². The first-order valence-electron chi connectivity index (χ1n) is 6.50. The van der Waals surface area contributed by atoms with Crippen LogP contribution in [0.5, 0.6) is 0 Å². The molecule has 1 unspecified atom stereocenters. The molecule has 0 bridgehead atoms. The van der Waals surface area contributed by atoms with Crippen molar-refractivity contribution in [3.05, 3.63) is 35.4 Å². The van der Waals surface area contributed by atoms with Crippen molar-refractivity contribution < 1.29 is 9.59 Å². The minimum Gasteiger partial charge on any atom is -0.366 e. The van der Waals surface area contributed by atoms with E-state index >= 15 is 0 Å². The molecule has 1 aromatic rings. The second-order valence-corrected chi connectivity index (χ2v) is 4.65. The zero-order valence-corrected chi connectivity index (χ0v) is 12.0. The van der Waals surface area contributed by atoms with Crippen LogP contribution in [0.15, 0.2) is 24.3 Å². The predicted octanol–water partition coefficient (Wildman–Crippen LogP) is 0.551. The summed E-state index contributed by atoms with van der Waals surface area (Å²) in [6.07, 6.45) is 2.18. The highest BCUT2D eigenvalue weighted by molar-refractivity contribution is 5.98. The zero-order valence-electron chi connectivity index (χ0n) is 12.0. The fourth-order valence-electron chi connectivity index (χ4n) is 1.47. The molecule has 0 saturated carbocycles. The second-order valence-electron chi connectivity index (χ2n) is 4.65. The smallest absolute Gasteiger partial charge is 0.248 e. The molecule has 0 aromatic heterocycles. The summed E-state index contributed by atoms with van der Waals surface area (Å²) in [5, 5.41) is 0. The molecular weight excluding hydrogens is 256 g/mol. The quantitative estimate of drug-likeness (QED) is 0.585. The van der Waals surface area contributed by atoms with Gasteiger partial charge in [-0.1, -0.05) is 26.3 Å². The molecule has 1 rings (SSSR count). The van der Waals surface area contributed by atoms with Crippen LogP contribution in [0.3, 0.4) is 0 Å². The van der Waals surface area contributed by atoms with Crippen molar-refractivity contribution in [2.45, 2.75) is 32.9 Å². The zero-order chi connectivity index (χ0) is 15.7. The monoisotopic (exact) mass is 280 g/mol. The van der Waals surface area contributed by atoms with Gasteiger partial charge in [-0.2, -0.15) is 0 Å². The number of carbonyl (C=O) groups is 2. The molecular formula is C14H24N4O2. The van der Waals surface area contributed by atoms with Gasteiger partial charge in [0.25, 0.3) is 0 Å². The number of carbonyl (C=O) groups excluding carboxylic acids is 2. The summed E-state index contributed by atoms with van der Waals surface area (Å²) in [7, 11) is 0. The third-order valence-corrected chi connectivity index (χ3v) is 2.83. The fraction of sp³-hybridized carbons (Fsp3) is 0.429. The van der Waals surface area contributed by atoms with E-state index in [0.717, 1.165) is 6.42 Å². The van der Waals surface area contributed by atoms with Crippen molar-refractivity contribution in [1.82, 2.24) is 0 Å². The summed E-state index contributed by atoms with van der Waals surface area (Å²) in [6, 6.07) is 5.97. The largest absolute Gasteiger partial charge is 0.366 e. The Kier molecular flexibility index (Phi) is 8.19. The Hall–Kier alpha value is -1.92. The van der Waals surface area contributed by atoms with E-state index in [1.807, 2.05) is 0 Å². The summed E-state index contributed by atoms with van der Waals surface area (Å²) in [5.74, 6) is -0.670. The van der Waals surface area contributed by atoms with E-state index in [1.54, 1.807) is 6.07 Å². The first kappa shape index (κ1) is 18.1. The number of hydrogen-bond acceptors (Lipinski definition) is 4. The van der Waals surface area contributed by atoms with Crippen molar-refractivity contribution in [1.29, 1.82) is 0 Å². The Morgan fingerprint density at radius 1 is 1.10 bits per heavy atom. The van der Waals surface area contributed by atoms with E-state index in [1.165, 1.54) is 24.6 Å². The highest BCUT2D eigenvalue weighted by atomic mass is 16.1. The molecule has 112 valence electrons. The molecule has 0 spiro atoms. The van der Waals surface area contributed by atoms with Gasteiger partial charge in [-0.25, -0.2) is 0 Å². The van der Waals surface area contributed by atoms with Crippen LogP contribution >= 0.6 is 0 Å². The van der Waals surface area contributed by atoms with Gasteiger partial charge in [-0.3, -0.25) is 9.59 Å². The molecule has 2 amide bonds. The Morgan fingerprint density at radius 3 is 1.80 bits per heavy atom. The molecule has 0 aliphatic rings. The number of primary amides is 2. The maximum absolute atomic E-state index is 10.6. The van der Waals surface area contributed by atoms with Gasteiger partial charge >= 0.3 is 0 Å². The Morgan fingerprint density at radius 2 is 1.55 bits per heavy atom. The van der Waals surface area contributed by atoms with Gasteiger partial charge in [-0.05, 0) is 30.5 Å². The van der Waals surface area contributed by atoms with E-state index in [-0.39, 0.29) is 17.3 Å². The van der Waals surface area contributed by atoms with Gasteiger partial charge in [0.1, 0.15) is 0 Å². The average molecular weight is 280 g/mol. The van der Waals surface area contributed by atoms with Gasteiger partial charge in [0.2, 0.25) is 11.8 Å². The summed E-state index contributed by atoms with van der Waals surface area (Å²) in [5.41, 5.74) is 21.4. The molecule has 0 fully saturated rings. The second kappa shape index (κ2) is 9.06. The fourth-order valence-corrected chi connectivity index (χ4v) is 1.47. The summed E-state index contributed by atoms with van der Waals surface area (Å²) in [6.45, 7) is 4.22. The molecule has 6 heteroatoms. The van der Waals surface area contributed by atoms with Crippen molar-refractivity contribution in [3.8, 4) is 0 Å². The number of rotatable bonds is 5. The summed E-state index contributed by atoms with van der Waals surface area (Å²) in [4.78, 5) is 21.3. The first-order chi connectivity index (χ1) is 9.29. The minimum atomic E-state index is -0.571. The maximum atomic E-state index is 10.6. The molecule has 6 nitrogen and oxygen atoms in total. The van der Waals surface area contributed by atoms with Crippen molar-refractivity contribution in [3.63, 3.8) is 0 Å². The van der Waals surface area contributed by atoms with Crippen molar-refractivity contribution >= 4 is 11.8 Å². The normalized spacial score (nSPS) is 11.4. The molecule has 0 saturated heterocycles. The molecule has 8 N–H and O–H groups in total. The average Bonchev–Trinajstić information content (AvgIpc) is 2.39. The van der Waals surface area contributed by atoms with Crippen LogP contribution in [0.25, 0.3) is 0 Å². The van der Waals surface area contributed by atoms with E-state index in [9.17, 15) is 9.59 Å². The van der Waals surface area contributed by atoms with Gasteiger partial charge in [-0.15, -0.1) is 0 Å². The molecule has 20 heavy (non-hydrogen) atoms. The summed E-state index contributed by atoms with van der Waals surface area (Å²) >= 11 is 0. The van der Waals surface area contributed by atoms with E-state index in [0.29, 0.717) is 5.92 Å². The third-order valence-electron chi connectivity index (χ3n) is 2.83. The lowest BCUT2D eigenvalue weighted by Crippen LogP contribution is -2.37. The standard InChI is InChI=1S/C8H8N2O2.C6H16N2/c9-7(11)5-2-1-3-6(4-5)8(10)12;1-3-4-5(2)6(7)8/h1-4H,(H2,9,11)(H2,10,12);5-6H,3-4,7-8H2,1-2H3. The van der Waals surface area contributed by atoms with Gasteiger partial charge in [0, 0.05) is 11.1 Å². The minimum absolute atomic E-state index is 0.130. The SMILES string of the molecule is CCCC(C)C(N)N.NC(=O)c1cccc(C(N)=O)c1. The van der Waals surface area contributed by atoms with Crippen LogP contribution < -0.4 is 22.9 Å². The first-order valence-corrected chi connectivity index (χ1v) is 6.50. The summed E-state index contributed by atoms with van der Waals surface area (Å²) < 4.78 is 0. The third kappa shape index (κ3) is 6.86. The lowest BCUT2D eigenvalue weighted by Gasteiger charge is -2.12. The van der Waals surface area contributed by atoms with Gasteiger partial charge < -0.3 is 22.9 Å². The number of hydrogen-bond donors (Lipinski definition) is 4. The highest BCUT2D eigenvalue weighted by Gasteiger charge is 2.04. The topological polar surface area (TPSA) is 138 Å². The number of nitrogens with two attached hydrogens (primary N) is 4. The predicted molar refractivity (Wildman–Crippen MR) is 79.7 cm³/mol. The number of benzene rings is 1. The Bertz CT molecular complexity index is 417. The van der Waals surface area contributed by atoms with E-state index < -0.39 is 11.8 Å². The van der Waals surface area contributed by atoms with Crippen molar-refractivity contribution in [2.75, 3.05) is 0 Å². The van der Waals surface area contributed by atoms with Gasteiger partial charge in [0.05, 0.1) is 6.17 Å². The van der Waals surface area contributed by atoms with Crippen LogP contribution in [-0.2, 0) is 0 Å². The van der Waals surface area contributed by atoms with Crippen molar-refractivity contribution in [2.24, 2.45) is 28.9 Å². The maximum Gasteiger partial charge on any atom is 0.248 e.